The summed E-state index contributed by atoms with van der Waals surface area (Å²) < 4.78 is 1.52. The number of H-pyrrole nitrogens is 1. The fourth-order valence-electron chi connectivity index (χ4n) is 3.87. The molecular weight excluding hydrogens is 306 g/mol. The van der Waals surface area contributed by atoms with E-state index in [1.54, 1.807) is 12.4 Å². The third-order valence-electron chi connectivity index (χ3n) is 5.23. The molecule has 130 valence electrons. The molecular formula is C16H25N7O. The first-order chi connectivity index (χ1) is 11.7. The number of likely N-dealkylation sites (tertiary alicyclic amines) is 1. The van der Waals surface area contributed by atoms with E-state index in [-0.39, 0.29) is 5.69 Å². The third kappa shape index (κ3) is 3.03. The zero-order valence-electron chi connectivity index (χ0n) is 14.1. The second kappa shape index (κ2) is 6.52. The van der Waals surface area contributed by atoms with Gasteiger partial charge in [0.05, 0.1) is 0 Å². The molecule has 0 unspecified atom stereocenters. The highest BCUT2D eigenvalue weighted by Crippen LogP contribution is 2.21. The molecule has 0 aliphatic carbocycles. The Morgan fingerprint density at radius 3 is 2.88 bits per heavy atom. The Morgan fingerprint density at radius 1 is 1.21 bits per heavy atom. The number of hydrogen-bond donors (Lipinski definition) is 2. The van der Waals surface area contributed by atoms with Crippen LogP contribution in [0.25, 0.3) is 5.65 Å². The van der Waals surface area contributed by atoms with Crippen LogP contribution in [0.15, 0.2) is 17.2 Å². The predicted molar refractivity (Wildman–Crippen MR) is 92.5 cm³/mol. The molecule has 1 atom stereocenters. The predicted octanol–water partition coefficient (Wildman–Crippen LogP) is 0.0702. The number of piperidine rings is 2. The first-order valence-corrected chi connectivity index (χ1v) is 8.82. The smallest absolute Gasteiger partial charge is 0.347 e. The van der Waals surface area contributed by atoms with Crippen molar-refractivity contribution >= 4 is 11.5 Å². The monoisotopic (exact) mass is 331 g/mol. The van der Waals surface area contributed by atoms with Gasteiger partial charge in [-0.25, -0.2) is 19.3 Å². The second-order valence-electron chi connectivity index (χ2n) is 7.00. The van der Waals surface area contributed by atoms with Crippen molar-refractivity contribution in [2.24, 2.45) is 0 Å². The lowest BCUT2D eigenvalue weighted by molar-refractivity contribution is 0.219. The van der Waals surface area contributed by atoms with Crippen molar-refractivity contribution in [2.45, 2.75) is 37.8 Å². The van der Waals surface area contributed by atoms with Crippen LogP contribution in [0.1, 0.15) is 25.7 Å². The zero-order chi connectivity index (χ0) is 16.5. The highest BCUT2D eigenvalue weighted by Gasteiger charge is 2.26. The average molecular weight is 331 g/mol. The Labute approximate surface area is 140 Å². The molecule has 2 N–H and O–H groups in total. The van der Waals surface area contributed by atoms with E-state index in [0.717, 1.165) is 25.3 Å². The molecule has 0 radical (unpaired) electrons. The van der Waals surface area contributed by atoms with Gasteiger partial charge < -0.3 is 15.1 Å². The van der Waals surface area contributed by atoms with Crippen LogP contribution in [0, 0.1) is 0 Å². The van der Waals surface area contributed by atoms with Gasteiger partial charge in [-0.2, -0.15) is 0 Å². The zero-order valence-corrected chi connectivity index (χ0v) is 14.1. The molecule has 2 saturated heterocycles. The molecule has 0 aromatic carbocycles. The lowest BCUT2D eigenvalue weighted by Gasteiger charge is -2.38. The number of aromatic nitrogens is 4. The Hall–Kier alpha value is -1.93. The molecule has 4 rings (SSSR count). The van der Waals surface area contributed by atoms with Crippen molar-refractivity contribution in [3.8, 4) is 0 Å². The number of anilines is 1. The van der Waals surface area contributed by atoms with Crippen LogP contribution in [0.4, 0.5) is 5.82 Å². The van der Waals surface area contributed by atoms with E-state index in [4.69, 9.17) is 0 Å². The van der Waals surface area contributed by atoms with Gasteiger partial charge in [0.15, 0.2) is 5.82 Å². The van der Waals surface area contributed by atoms with Gasteiger partial charge in [-0.1, -0.05) is 0 Å². The molecule has 2 aliphatic heterocycles. The van der Waals surface area contributed by atoms with E-state index >= 15 is 0 Å². The maximum Gasteiger partial charge on any atom is 0.347 e. The van der Waals surface area contributed by atoms with Gasteiger partial charge in [0.2, 0.25) is 5.65 Å². The van der Waals surface area contributed by atoms with Crippen LogP contribution in [0.2, 0.25) is 0 Å². The summed E-state index contributed by atoms with van der Waals surface area (Å²) in [5, 5.41) is 10.5. The van der Waals surface area contributed by atoms with Crippen molar-refractivity contribution in [3.05, 3.63) is 22.9 Å². The van der Waals surface area contributed by atoms with Crippen LogP contribution in [0.5, 0.6) is 0 Å². The molecule has 8 nitrogen and oxygen atoms in total. The molecule has 2 aliphatic rings. The standard InChI is InChI=1S/C16H25N7O/c1-21-8-4-12(5-9-21)18-13-3-2-7-22(11-13)14-15-19-20-16(24)23(15)10-6-17-14/h6,10,12-13,18H,2-5,7-9,11H2,1H3,(H,20,24)/t13-/m0/s1. The van der Waals surface area contributed by atoms with E-state index in [0.29, 0.717) is 17.7 Å². The van der Waals surface area contributed by atoms with E-state index in [9.17, 15) is 4.79 Å². The molecule has 0 amide bonds. The highest BCUT2D eigenvalue weighted by molar-refractivity contribution is 5.63. The Balaban J connectivity index is 1.47. The van der Waals surface area contributed by atoms with Gasteiger partial charge in [-0.05, 0) is 45.8 Å². The number of aromatic amines is 1. The first kappa shape index (κ1) is 15.6. The van der Waals surface area contributed by atoms with Gasteiger partial charge in [-0.3, -0.25) is 0 Å². The summed E-state index contributed by atoms with van der Waals surface area (Å²) in [5.41, 5.74) is 0.397. The summed E-state index contributed by atoms with van der Waals surface area (Å²) in [6, 6.07) is 1.09. The summed E-state index contributed by atoms with van der Waals surface area (Å²) >= 11 is 0. The van der Waals surface area contributed by atoms with Crippen LogP contribution >= 0.6 is 0 Å². The second-order valence-corrected chi connectivity index (χ2v) is 7.00. The first-order valence-electron chi connectivity index (χ1n) is 8.82. The van der Waals surface area contributed by atoms with Crippen molar-refractivity contribution in [1.29, 1.82) is 0 Å². The van der Waals surface area contributed by atoms with E-state index in [1.165, 1.54) is 36.8 Å². The molecule has 8 heteroatoms. The lowest BCUT2D eigenvalue weighted by atomic mass is 10.0. The number of hydrogen-bond acceptors (Lipinski definition) is 6. The minimum Gasteiger partial charge on any atom is -0.352 e. The normalized spacial score (nSPS) is 23.9. The van der Waals surface area contributed by atoms with Crippen molar-refractivity contribution in [3.63, 3.8) is 0 Å². The molecule has 2 fully saturated rings. The quantitative estimate of drug-likeness (QED) is 0.828. The van der Waals surface area contributed by atoms with Gasteiger partial charge in [0, 0.05) is 37.6 Å². The van der Waals surface area contributed by atoms with Crippen LogP contribution < -0.4 is 15.9 Å². The van der Waals surface area contributed by atoms with Crippen molar-refractivity contribution in [1.82, 2.24) is 29.8 Å². The van der Waals surface area contributed by atoms with Gasteiger partial charge in [-0.15, -0.1) is 5.10 Å². The molecule has 2 aromatic heterocycles. The number of nitrogens with zero attached hydrogens (tertiary/aromatic N) is 5. The van der Waals surface area contributed by atoms with Crippen molar-refractivity contribution in [2.75, 3.05) is 38.1 Å². The van der Waals surface area contributed by atoms with E-state index in [2.05, 4.69) is 37.3 Å². The molecule has 0 spiro atoms. The summed E-state index contributed by atoms with van der Waals surface area (Å²) in [7, 11) is 2.19. The summed E-state index contributed by atoms with van der Waals surface area (Å²) in [6.07, 6.45) is 8.09. The third-order valence-corrected chi connectivity index (χ3v) is 5.23. The summed E-state index contributed by atoms with van der Waals surface area (Å²) in [6.45, 7) is 4.22. The Morgan fingerprint density at radius 2 is 2.04 bits per heavy atom. The average Bonchev–Trinajstić information content (AvgIpc) is 2.99. The molecule has 24 heavy (non-hydrogen) atoms. The fraction of sp³-hybridized carbons (Fsp3) is 0.688. The lowest BCUT2D eigenvalue weighted by Crippen LogP contribution is -2.52. The van der Waals surface area contributed by atoms with Crippen LogP contribution in [-0.4, -0.2) is 69.8 Å². The van der Waals surface area contributed by atoms with Crippen LogP contribution in [-0.2, 0) is 0 Å². The van der Waals surface area contributed by atoms with Gasteiger partial charge in [0.25, 0.3) is 0 Å². The maximum atomic E-state index is 11.7. The summed E-state index contributed by atoms with van der Waals surface area (Å²) in [5.74, 6) is 0.797. The van der Waals surface area contributed by atoms with Crippen molar-refractivity contribution < 1.29 is 0 Å². The van der Waals surface area contributed by atoms with E-state index < -0.39 is 0 Å². The van der Waals surface area contributed by atoms with Crippen LogP contribution in [0.3, 0.4) is 0 Å². The van der Waals surface area contributed by atoms with Gasteiger partial charge in [0.1, 0.15) is 0 Å². The maximum absolute atomic E-state index is 11.7. The summed E-state index contributed by atoms with van der Waals surface area (Å²) in [4.78, 5) is 20.9. The number of fused-ring (bicyclic) bond motifs is 1. The molecule has 4 heterocycles. The SMILES string of the molecule is CN1CCC(N[C@H]2CCCN(c3nccn4c(=O)[nH]nc34)C2)CC1. The minimum absolute atomic E-state index is 0.216. The fourth-order valence-corrected chi connectivity index (χ4v) is 3.87. The minimum atomic E-state index is -0.216. The van der Waals surface area contributed by atoms with E-state index in [1.807, 2.05) is 0 Å². The highest BCUT2D eigenvalue weighted by atomic mass is 16.1. The number of rotatable bonds is 3. The Kier molecular flexibility index (Phi) is 4.24. The number of nitrogens with one attached hydrogen (secondary N) is 2. The molecule has 2 aromatic rings. The van der Waals surface area contributed by atoms with Gasteiger partial charge >= 0.3 is 5.69 Å². The topological polar surface area (TPSA) is 81.6 Å². The Bertz CT molecular complexity index is 746. The molecule has 0 saturated carbocycles. The molecule has 0 bridgehead atoms. The largest absolute Gasteiger partial charge is 0.352 e.